The summed E-state index contributed by atoms with van der Waals surface area (Å²) in [6.45, 7) is 0.136. The summed E-state index contributed by atoms with van der Waals surface area (Å²) in [6.07, 6.45) is 7.90. The van der Waals surface area contributed by atoms with Gasteiger partial charge in [0.15, 0.2) is 0 Å². The highest BCUT2D eigenvalue weighted by atomic mass is 32.1. The van der Waals surface area contributed by atoms with Crippen LogP contribution in [0.5, 0.6) is 5.19 Å². The molecule has 1 saturated heterocycles. The third kappa shape index (κ3) is 5.83. The van der Waals surface area contributed by atoms with Gasteiger partial charge in [-0.05, 0) is 56.0 Å². The molecule has 6 rings (SSSR count). The van der Waals surface area contributed by atoms with Crippen molar-refractivity contribution in [3.63, 3.8) is 0 Å². The largest absolute Gasteiger partial charge is 0.479 e. The fraction of sp³-hybridized carbons (Fsp3) is 0.419. The van der Waals surface area contributed by atoms with Gasteiger partial charge in [0.25, 0.3) is 5.19 Å². The summed E-state index contributed by atoms with van der Waals surface area (Å²) in [5.41, 5.74) is 0.0266. The number of nitrogens with one attached hydrogen (secondary N) is 2. The summed E-state index contributed by atoms with van der Waals surface area (Å²) in [4.78, 5) is 46.1. The predicted molar refractivity (Wildman–Crippen MR) is 157 cm³/mol. The van der Waals surface area contributed by atoms with Crippen molar-refractivity contribution in [2.24, 2.45) is 5.92 Å². The molecule has 1 saturated carbocycles. The zero-order valence-corrected chi connectivity index (χ0v) is 23.8. The van der Waals surface area contributed by atoms with E-state index in [-0.39, 0.29) is 30.6 Å². The standard InChI is InChI=1S/C31H33FN4O5S/c32-20-13-14-23-26(15-20)42-30(34-23)41-22-16-25-27(37)35-31(29(39)40)17-19(31)9-5-2-1-3-8-12-24(28(38)36(25)18-22)33-21-10-6-4-7-11-21/h4-7,9-11,13-15,19,22,24-25,33H,1-3,8,12,16-18H2,(H,35,37)(H,39,40)/b9-5-/t19-,22+,24-,25-,31+/m0/s1. The van der Waals surface area contributed by atoms with Crippen LogP contribution in [0.1, 0.15) is 44.9 Å². The summed E-state index contributed by atoms with van der Waals surface area (Å²) in [6, 6.07) is 12.3. The van der Waals surface area contributed by atoms with Gasteiger partial charge in [-0.1, -0.05) is 54.5 Å². The fourth-order valence-corrected chi connectivity index (χ4v) is 6.86. The lowest BCUT2D eigenvalue weighted by molar-refractivity contribution is -0.145. The molecular weight excluding hydrogens is 559 g/mol. The molecule has 0 radical (unpaired) electrons. The molecular formula is C31H33FN4O5S. The fourth-order valence-electron chi connectivity index (χ4n) is 5.95. The number of carbonyl (C=O) groups excluding carboxylic acids is 2. The third-order valence-corrected chi connectivity index (χ3v) is 9.24. The zero-order valence-electron chi connectivity index (χ0n) is 23.0. The molecule has 0 spiro atoms. The first-order valence-corrected chi connectivity index (χ1v) is 15.2. The minimum Gasteiger partial charge on any atom is -0.479 e. The van der Waals surface area contributed by atoms with Crippen LogP contribution in [-0.4, -0.2) is 63.0 Å². The molecule has 1 aromatic heterocycles. The zero-order chi connectivity index (χ0) is 29.3. The van der Waals surface area contributed by atoms with Crippen molar-refractivity contribution in [2.75, 3.05) is 11.9 Å². The molecule has 2 amide bonds. The summed E-state index contributed by atoms with van der Waals surface area (Å²) >= 11 is 1.20. The molecule has 3 N–H and O–H groups in total. The molecule has 3 aromatic rings. The minimum absolute atomic E-state index is 0.136. The highest BCUT2D eigenvalue weighted by Crippen LogP contribution is 2.45. The second kappa shape index (κ2) is 11.7. The third-order valence-electron chi connectivity index (χ3n) is 8.33. The molecule has 9 nitrogen and oxygen atoms in total. The molecule has 2 fully saturated rings. The number of hydrogen-bond acceptors (Lipinski definition) is 7. The number of rotatable bonds is 5. The smallest absolute Gasteiger partial charge is 0.330 e. The number of carbonyl (C=O) groups is 3. The Morgan fingerprint density at radius 2 is 2.00 bits per heavy atom. The second-order valence-corrected chi connectivity index (χ2v) is 12.3. The van der Waals surface area contributed by atoms with Crippen LogP contribution in [0.15, 0.2) is 60.7 Å². The number of amides is 2. The average molecular weight is 593 g/mol. The maximum absolute atomic E-state index is 14.1. The first-order chi connectivity index (χ1) is 20.3. The van der Waals surface area contributed by atoms with Crippen LogP contribution in [0.4, 0.5) is 10.1 Å². The Kier molecular flexibility index (Phi) is 7.85. The average Bonchev–Trinajstić information content (AvgIpc) is 3.29. The number of thiazole rings is 1. The number of allylic oxidation sites excluding steroid dienone is 1. The van der Waals surface area contributed by atoms with E-state index < -0.39 is 35.6 Å². The van der Waals surface area contributed by atoms with Crippen molar-refractivity contribution in [1.29, 1.82) is 0 Å². The molecule has 11 heteroatoms. The van der Waals surface area contributed by atoms with Gasteiger partial charge < -0.3 is 25.4 Å². The molecule has 2 aliphatic heterocycles. The Morgan fingerprint density at radius 3 is 2.81 bits per heavy atom. The number of carboxylic acid groups (broad SMARTS) is 1. The molecule has 3 aliphatic rings. The summed E-state index contributed by atoms with van der Waals surface area (Å²) in [5, 5.41) is 16.5. The van der Waals surface area contributed by atoms with Crippen LogP contribution >= 0.6 is 11.3 Å². The number of nitrogens with zero attached hydrogens (tertiary/aromatic N) is 2. The van der Waals surface area contributed by atoms with E-state index in [0.29, 0.717) is 28.3 Å². The quantitative estimate of drug-likeness (QED) is 0.366. The Morgan fingerprint density at radius 1 is 1.17 bits per heavy atom. The van der Waals surface area contributed by atoms with Crippen molar-refractivity contribution in [1.82, 2.24) is 15.2 Å². The normalized spacial score (nSPS) is 29.0. The molecule has 5 atom stereocenters. The molecule has 0 unspecified atom stereocenters. The summed E-state index contributed by atoms with van der Waals surface area (Å²) in [7, 11) is 0. The van der Waals surface area contributed by atoms with Gasteiger partial charge >= 0.3 is 5.97 Å². The van der Waals surface area contributed by atoms with Crippen LogP contribution in [0.25, 0.3) is 10.2 Å². The van der Waals surface area contributed by atoms with Crippen molar-refractivity contribution < 1.29 is 28.6 Å². The number of hydrogen-bond donors (Lipinski definition) is 3. The van der Waals surface area contributed by atoms with Gasteiger partial charge in [-0.2, -0.15) is 0 Å². The van der Waals surface area contributed by atoms with Gasteiger partial charge in [0, 0.05) is 18.0 Å². The van der Waals surface area contributed by atoms with Crippen molar-refractivity contribution in [2.45, 2.75) is 68.7 Å². The minimum atomic E-state index is -1.37. The monoisotopic (exact) mass is 592 g/mol. The Balaban J connectivity index is 1.28. The molecule has 42 heavy (non-hydrogen) atoms. The van der Waals surface area contributed by atoms with Gasteiger partial charge in [-0.3, -0.25) is 9.59 Å². The van der Waals surface area contributed by atoms with E-state index >= 15 is 0 Å². The maximum atomic E-state index is 14.1. The predicted octanol–water partition coefficient (Wildman–Crippen LogP) is 4.74. The Labute approximate surface area is 246 Å². The molecule has 3 heterocycles. The van der Waals surface area contributed by atoms with Crippen LogP contribution in [0, 0.1) is 11.7 Å². The van der Waals surface area contributed by atoms with Gasteiger partial charge in [-0.15, -0.1) is 0 Å². The van der Waals surface area contributed by atoms with E-state index in [1.807, 2.05) is 42.5 Å². The summed E-state index contributed by atoms with van der Waals surface area (Å²) < 4.78 is 20.5. The lowest BCUT2D eigenvalue weighted by Crippen LogP contribution is -2.55. The molecule has 220 valence electrons. The lowest BCUT2D eigenvalue weighted by Gasteiger charge is -2.30. The highest BCUT2D eigenvalue weighted by molar-refractivity contribution is 7.20. The second-order valence-electron chi connectivity index (χ2n) is 11.3. The maximum Gasteiger partial charge on any atom is 0.330 e. The van der Waals surface area contributed by atoms with Gasteiger partial charge in [0.2, 0.25) is 11.8 Å². The van der Waals surface area contributed by atoms with Crippen molar-refractivity contribution in [3.8, 4) is 5.19 Å². The number of anilines is 1. The van der Waals surface area contributed by atoms with E-state index in [9.17, 15) is 23.9 Å². The van der Waals surface area contributed by atoms with Crippen molar-refractivity contribution >= 4 is 45.0 Å². The topological polar surface area (TPSA) is 121 Å². The number of fused-ring (bicyclic) bond motifs is 3. The lowest BCUT2D eigenvalue weighted by atomic mass is 10.0. The first kappa shape index (κ1) is 28.1. The van der Waals surface area contributed by atoms with E-state index in [1.165, 1.54) is 28.4 Å². The number of ether oxygens (including phenoxy) is 1. The van der Waals surface area contributed by atoms with Crippen molar-refractivity contribution in [3.05, 3.63) is 66.5 Å². The van der Waals surface area contributed by atoms with Gasteiger partial charge in [0.1, 0.15) is 29.5 Å². The van der Waals surface area contributed by atoms with Crippen LogP contribution in [0.3, 0.4) is 0 Å². The number of aliphatic carboxylic acids is 1. The van der Waals surface area contributed by atoms with E-state index in [4.69, 9.17) is 4.74 Å². The van der Waals surface area contributed by atoms with Gasteiger partial charge in [-0.25, -0.2) is 14.2 Å². The van der Waals surface area contributed by atoms with E-state index in [1.54, 1.807) is 6.07 Å². The Hall–Kier alpha value is -3.99. The highest BCUT2D eigenvalue weighted by Gasteiger charge is 2.61. The first-order valence-electron chi connectivity index (χ1n) is 14.4. The Bertz CT molecular complexity index is 1510. The summed E-state index contributed by atoms with van der Waals surface area (Å²) in [5.74, 6) is -2.49. The van der Waals surface area contributed by atoms with Crippen LogP contribution < -0.4 is 15.4 Å². The van der Waals surface area contributed by atoms with E-state index in [2.05, 4.69) is 15.6 Å². The number of halogens is 1. The number of aromatic nitrogens is 1. The number of benzene rings is 2. The molecule has 0 bridgehead atoms. The molecule has 2 aromatic carbocycles. The number of para-hydroxylation sites is 1. The van der Waals surface area contributed by atoms with Crippen LogP contribution in [0.2, 0.25) is 0 Å². The van der Waals surface area contributed by atoms with Crippen LogP contribution in [-0.2, 0) is 14.4 Å². The van der Waals surface area contributed by atoms with E-state index in [0.717, 1.165) is 31.4 Å². The van der Waals surface area contributed by atoms with Gasteiger partial charge in [0.05, 0.1) is 16.8 Å². The molecule has 1 aliphatic carbocycles. The number of carboxylic acids is 1. The SMILES string of the molecule is O=C1N[C@]2(C(=O)O)C[C@@H]2/C=C\CCCCC[C@H](Nc2ccccc2)C(=O)N2C[C@H](Oc3nc4ccc(F)cc4s3)C[C@@H]12.